The molecule has 0 radical (unpaired) electrons. The van der Waals surface area contributed by atoms with Gasteiger partial charge in [0.15, 0.2) is 0 Å². The van der Waals surface area contributed by atoms with Crippen LogP contribution in [0.2, 0.25) is 11.4 Å². The molecule has 0 amide bonds. The van der Waals surface area contributed by atoms with Crippen molar-refractivity contribution in [1.29, 1.82) is 0 Å². The summed E-state index contributed by atoms with van der Waals surface area (Å²) in [7, 11) is 0. The third-order valence-corrected chi connectivity index (χ3v) is 13.6. The molecule has 200 valence electrons. The van der Waals surface area contributed by atoms with Crippen LogP contribution < -0.4 is 17.4 Å². The van der Waals surface area contributed by atoms with E-state index in [1.807, 2.05) is 0 Å². The predicted octanol–water partition coefficient (Wildman–Crippen LogP) is 4.73. The van der Waals surface area contributed by atoms with Crippen molar-refractivity contribution in [2.24, 2.45) is 0 Å². The molecule has 0 saturated carbocycles. The summed E-state index contributed by atoms with van der Waals surface area (Å²) in [6.45, 7) is 0. The summed E-state index contributed by atoms with van der Waals surface area (Å²) in [5.41, 5.74) is 4.77. The Balaban J connectivity index is 0. The summed E-state index contributed by atoms with van der Waals surface area (Å²) < 4.78 is 6.08. The van der Waals surface area contributed by atoms with Gasteiger partial charge < -0.3 is 49.2 Å². The van der Waals surface area contributed by atoms with Crippen molar-refractivity contribution < 1.29 is 33.9 Å². The molecule has 0 unspecified atom stereocenters. The summed E-state index contributed by atoms with van der Waals surface area (Å²) in [4.78, 5) is 25.3. The van der Waals surface area contributed by atoms with Gasteiger partial charge in [0.25, 0.3) is 0 Å². The van der Waals surface area contributed by atoms with E-state index >= 15 is 0 Å². The van der Waals surface area contributed by atoms with Crippen LogP contribution in [0.4, 0.5) is 0 Å². The van der Waals surface area contributed by atoms with Crippen molar-refractivity contribution in [2.75, 3.05) is 0 Å². The molecule has 4 rings (SSSR count). The molecule has 0 aromatic heterocycles. The molecule has 0 aliphatic carbocycles. The second-order valence-corrected chi connectivity index (χ2v) is 16.2. The van der Waals surface area contributed by atoms with Gasteiger partial charge in [0.2, 0.25) is 0 Å². The minimum atomic E-state index is -0.989. The third kappa shape index (κ3) is 17.9. The van der Waals surface area contributed by atoms with Gasteiger partial charge in [-0.05, 0) is 0 Å². The largest absolute Gasteiger partial charge is 3.00 e. The fourth-order valence-electron chi connectivity index (χ4n) is 2.90. The van der Waals surface area contributed by atoms with E-state index in [4.69, 9.17) is 14.4 Å². The van der Waals surface area contributed by atoms with Crippen molar-refractivity contribution in [3.05, 3.63) is 121 Å². The Labute approximate surface area is 263 Å². The van der Waals surface area contributed by atoms with Gasteiger partial charge in [-0.15, -0.1) is 0 Å². The molecule has 38 heavy (non-hydrogen) atoms. The van der Waals surface area contributed by atoms with E-state index in [9.17, 15) is 0 Å². The SMILES string of the molecule is C[As](c1ccccc1)c1ccccc1.C[As](c1ccccc1)c1ccccc1.O=[C-]Cl.O=[C-]Cl.O=[C-]Cl.[Rh+3]. The van der Waals surface area contributed by atoms with Crippen molar-refractivity contribution >= 4 is 98.7 Å². The van der Waals surface area contributed by atoms with Gasteiger partial charge >= 0.3 is 199 Å². The van der Waals surface area contributed by atoms with Gasteiger partial charge in [0.1, 0.15) is 0 Å². The van der Waals surface area contributed by atoms with Crippen molar-refractivity contribution in [1.82, 2.24) is 0 Å². The van der Waals surface area contributed by atoms with Crippen LogP contribution in [0.5, 0.6) is 0 Å². The summed E-state index contributed by atoms with van der Waals surface area (Å²) in [6.07, 6.45) is 0. The van der Waals surface area contributed by atoms with Crippen LogP contribution in [0.15, 0.2) is 121 Å². The van der Waals surface area contributed by atoms with E-state index in [1.54, 1.807) is 0 Å². The average molecular weight is 782 g/mol. The molecule has 9 heteroatoms. The monoisotopic (exact) mass is 780 g/mol. The Hall–Kier alpha value is -1.50. The maximum Gasteiger partial charge on any atom is 3.00 e. The quantitative estimate of drug-likeness (QED) is 0.171. The zero-order valence-electron chi connectivity index (χ0n) is 20.6. The Morgan fingerprint density at radius 3 is 0.684 bits per heavy atom. The molecular formula is C29H26As2Cl3O3Rh. The number of carbonyl (C=O) groups excluding carboxylic acids is 3. The third-order valence-electron chi connectivity index (χ3n) is 4.57. The molecule has 0 spiro atoms. The predicted molar refractivity (Wildman–Crippen MR) is 162 cm³/mol. The summed E-state index contributed by atoms with van der Waals surface area (Å²) >= 11 is 10.6. The fraction of sp³-hybridized carbons (Fsp3) is 0.0690. The summed E-state index contributed by atoms with van der Waals surface area (Å²) in [5, 5.41) is 0. The van der Waals surface area contributed by atoms with E-state index in [1.165, 1.54) is 17.4 Å². The van der Waals surface area contributed by atoms with E-state index in [-0.39, 0.29) is 19.5 Å². The summed E-state index contributed by atoms with van der Waals surface area (Å²) in [5.74, 6) is 2.92. The number of hydrogen-bond donors (Lipinski definition) is 0. The second kappa shape index (κ2) is 27.1. The standard InChI is InChI=1S/2C13H13As.3CClO.Rh/c2*1-14(12-8-4-2-5-9-12)13-10-6-3-7-11-13;3*2-1-3;/h2*2-11H,1H3;;;;/q;;3*-1;+3. The van der Waals surface area contributed by atoms with Gasteiger partial charge in [-0.3, -0.25) is 0 Å². The maximum absolute atomic E-state index is 8.45. The van der Waals surface area contributed by atoms with E-state index in [0.717, 1.165) is 17.2 Å². The topological polar surface area (TPSA) is 51.2 Å². The normalized spacial score (nSPS) is 8.71. The van der Waals surface area contributed by atoms with Crippen LogP contribution in [0.25, 0.3) is 0 Å². The average Bonchev–Trinajstić information content (AvgIpc) is 2.96. The second-order valence-electron chi connectivity index (χ2n) is 6.69. The van der Waals surface area contributed by atoms with Gasteiger partial charge in [-0.25, -0.2) is 0 Å². The Morgan fingerprint density at radius 1 is 0.421 bits per heavy atom. The van der Waals surface area contributed by atoms with Crippen LogP contribution in [0, 0.1) is 0 Å². The number of benzene rings is 4. The van der Waals surface area contributed by atoms with E-state index < -0.39 is 29.3 Å². The first-order chi connectivity index (χ1) is 18.0. The molecule has 4 aromatic carbocycles. The Kier molecular flexibility index (Phi) is 27.5. The van der Waals surface area contributed by atoms with Gasteiger partial charge in [-0.1, -0.05) is 0 Å². The molecule has 3 nitrogen and oxygen atoms in total. The van der Waals surface area contributed by atoms with Crippen LogP contribution in [0.1, 0.15) is 0 Å². The van der Waals surface area contributed by atoms with Crippen LogP contribution in [0.3, 0.4) is 0 Å². The van der Waals surface area contributed by atoms with Gasteiger partial charge in [-0.2, -0.15) is 17.2 Å². The Bertz CT molecular complexity index is 921. The zero-order valence-corrected chi connectivity index (χ0v) is 28.3. The minimum absolute atomic E-state index is 0. The number of rotatable bonds is 4. The molecular weight excluding hydrogens is 755 g/mol. The smallest absolute Gasteiger partial charge is 0.525 e. The molecule has 0 fully saturated rings. The first-order valence-electron chi connectivity index (χ1n) is 10.6. The van der Waals surface area contributed by atoms with Crippen molar-refractivity contribution in [3.63, 3.8) is 0 Å². The fourth-order valence-corrected chi connectivity index (χ4v) is 9.35. The summed E-state index contributed by atoms with van der Waals surface area (Å²) in [6, 6.07) is 43.3. The number of hydrogen-bond acceptors (Lipinski definition) is 3. The molecule has 4 aromatic rings. The first-order valence-corrected chi connectivity index (χ1v) is 19.3. The molecule has 0 atom stereocenters. The first kappa shape index (κ1) is 38.6. The molecule has 0 aliphatic rings. The molecule has 0 heterocycles. The zero-order chi connectivity index (χ0) is 27.7. The maximum atomic E-state index is 8.45. The van der Waals surface area contributed by atoms with Crippen molar-refractivity contribution in [2.45, 2.75) is 11.4 Å². The minimum Gasteiger partial charge on any atom is -0.525 e. The Morgan fingerprint density at radius 2 is 0.553 bits per heavy atom. The van der Waals surface area contributed by atoms with E-state index in [2.05, 4.69) is 168 Å². The van der Waals surface area contributed by atoms with Crippen LogP contribution >= 0.6 is 34.8 Å². The van der Waals surface area contributed by atoms with Crippen molar-refractivity contribution in [3.8, 4) is 0 Å². The van der Waals surface area contributed by atoms with Crippen LogP contribution in [-0.4, -0.2) is 46.5 Å². The molecule has 0 N–H and O–H groups in total. The molecule has 0 saturated heterocycles. The van der Waals surface area contributed by atoms with Gasteiger partial charge in [0, 0.05) is 0 Å². The van der Waals surface area contributed by atoms with E-state index in [0.29, 0.717) is 0 Å². The number of halogens is 3. The molecule has 0 aliphatic heterocycles. The molecule has 0 bridgehead atoms. The van der Waals surface area contributed by atoms with Crippen LogP contribution in [-0.2, 0) is 33.9 Å². The van der Waals surface area contributed by atoms with Gasteiger partial charge in [0.05, 0.1) is 0 Å².